The van der Waals surface area contributed by atoms with Crippen LogP contribution in [0.5, 0.6) is 0 Å². The molecule has 2 aromatic heterocycles. The summed E-state index contributed by atoms with van der Waals surface area (Å²) in [7, 11) is 1.90. The summed E-state index contributed by atoms with van der Waals surface area (Å²) in [5, 5.41) is 2.74. The van der Waals surface area contributed by atoms with Gasteiger partial charge in [0.25, 0.3) is 11.5 Å². The number of imidazole rings is 1. The molecule has 2 heterocycles. The van der Waals surface area contributed by atoms with Gasteiger partial charge in [0, 0.05) is 12.7 Å². The molecule has 0 radical (unpaired) electrons. The van der Waals surface area contributed by atoms with Gasteiger partial charge in [0.05, 0.1) is 17.6 Å². The molecule has 0 atom stereocenters. The fourth-order valence-electron chi connectivity index (χ4n) is 2.36. The predicted octanol–water partition coefficient (Wildman–Crippen LogP) is 1.50. The number of fused-ring (bicyclic) bond motifs is 1. The normalized spacial score (nSPS) is 10.8. The highest BCUT2D eigenvalue weighted by molar-refractivity contribution is 5.93. The summed E-state index contributed by atoms with van der Waals surface area (Å²) < 4.78 is 1.93. The number of H-pyrrole nitrogens is 1. The van der Waals surface area contributed by atoms with Crippen molar-refractivity contribution in [1.82, 2.24) is 19.9 Å². The van der Waals surface area contributed by atoms with Crippen LogP contribution in [0.25, 0.3) is 11.0 Å². The van der Waals surface area contributed by atoms with Crippen LogP contribution in [-0.2, 0) is 13.6 Å². The number of amides is 1. The summed E-state index contributed by atoms with van der Waals surface area (Å²) in [6.07, 6.45) is 0. The first-order valence-corrected chi connectivity index (χ1v) is 6.95. The number of benzene rings is 1. The van der Waals surface area contributed by atoms with Crippen molar-refractivity contribution >= 4 is 16.9 Å². The smallest absolute Gasteiger partial charge is 0.260 e. The molecular formula is C16H16N4O2. The third-order valence-electron chi connectivity index (χ3n) is 3.59. The van der Waals surface area contributed by atoms with Gasteiger partial charge in [0.15, 0.2) is 0 Å². The molecule has 1 aromatic carbocycles. The number of carbonyl (C=O) groups excluding carboxylic acids is 1. The fourth-order valence-corrected chi connectivity index (χ4v) is 2.36. The van der Waals surface area contributed by atoms with Gasteiger partial charge in [-0.3, -0.25) is 9.59 Å². The van der Waals surface area contributed by atoms with Crippen molar-refractivity contribution in [2.75, 3.05) is 0 Å². The summed E-state index contributed by atoms with van der Waals surface area (Å²) in [6.45, 7) is 2.03. The van der Waals surface area contributed by atoms with Crippen molar-refractivity contribution in [3.8, 4) is 0 Å². The van der Waals surface area contributed by atoms with Crippen molar-refractivity contribution in [3.63, 3.8) is 0 Å². The first-order valence-electron chi connectivity index (χ1n) is 6.95. The van der Waals surface area contributed by atoms with Crippen LogP contribution in [0.2, 0.25) is 0 Å². The number of pyridine rings is 1. The number of aromatic nitrogens is 3. The second-order valence-corrected chi connectivity index (χ2v) is 5.14. The Bertz CT molecular complexity index is 908. The quantitative estimate of drug-likeness (QED) is 0.768. The highest BCUT2D eigenvalue weighted by Gasteiger charge is 2.12. The fraction of sp³-hybridized carbons (Fsp3) is 0.188. The predicted molar refractivity (Wildman–Crippen MR) is 83.7 cm³/mol. The number of hydrogen-bond donors (Lipinski definition) is 2. The van der Waals surface area contributed by atoms with Crippen molar-refractivity contribution < 1.29 is 4.79 Å². The SMILES string of the molecule is Cc1ccc(C(=O)NCc2nc3ccccc3n2C)c(=O)[nH]1. The van der Waals surface area contributed by atoms with Crippen LogP contribution in [0, 0.1) is 6.92 Å². The number of hydrogen-bond acceptors (Lipinski definition) is 3. The average Bonchev–Trinajstić information content (AvgIpc) is 2.82. The molecule has 2 N–H and O–H groups in total. The van der Waals surface area contributed by atoms with Gasteiger partial charge in [0.1, 0.15) is 11.4 Å². The van der Waals surface area contributed by atoms with Gasteiger partial charge in [-0.2, -0.15) is 0 Å². The monoisotopic (exact) mass is 296 g/mol. The van der Waals surface area contributed by atoms with Gasteiger partial charge in [-0.05, 0) is 31.2 Å². The minimum Gasteiger partial charge on any atom is -0.345 e. The van der Waals surface area contributed by atoms with E-state index in [4.69, 9.17) is 0 Å². The Labute approximate surface area is 126 Å². The molecule has 0 saturated heterocycles. The van der Waals surface area contributed by atoms with Crippen molar-refractivity contribution in [2.24, 2.45) is 7.05 Å². The molecule has 0 saturated carbocycles. The lowest BCUT2D eigenvalue weighted by Crippen LogP contribution is -2.30. The number of nitrogens with zero attached hydrogens (tertiary/aromatic N) is 2. The Morgan fingerprint density at radius 2 is 2.05 bits per heavy atom. The van der Waals surface area contributed by atoms with Crippen molar-refractivity contribution in [3.05, 3.63) is 63.8 Å². The maximum atomic E-state index is 12.1. The molecule has 0 bridgehead atoms. The summed E-state index contributed by atoms with van der Waals surface area (Å²) in [6, 6.07) is 11.0. The Hall–Kier alpha value is -2.89. The van der Waals surface area contributed by atoms with E-state index in [1.807, 2.05) is 35.9 Å². The maximum absolute atomic E-state index is 12.1. The highest BCUT2D eigenvalue weighted by Crippen LogP contribution is 2.13. The Morgan fingerprint density at radius 3 is 2.77 bits per heavy atom. The van der Waals surface area contributed by atoms with Gasteiger partial charge in [0.2, 0.25) is 0 Å². The van der Waals surface area contributed by atoms with Crippen LogP contribution >= 0.6 is 0 Å². The Morgan fingerprint density at radius 1 is 1.27 bits per heavy atom. The van der Waals surface area contributed by atoms with E-state index in [1.165, 1.54) is 6.07 Å². The van der Waals surface area contributed by atoms with E-state index in [0.717, 1.165) is 22.6 Å². The molecule has 0 spiro atoms. The molecule has 112 valence electrons. The van der Waals surface area contributed by atoms with Crippen LogP contribution < -0.4 is 10.9 Å². The van der Waals surface area contributed by atoms with E-state index in [0.29, 0.717) is 0 Å². The maximum Gasteiger partial charge on any atom is 0.260 e. The molecule has 3 rings (SSSR count). The lowest BCUT2D eigenvalue weighted by Gasteiger charge is -2.05. The number of aromatic amines is 1. The van der Waals surface area contributed by atoms with E-state index in [9.17, 15) is 9.59 Å². The van der Waals surface area contributed by atoms with E-state index in [-0.39, 0.29) is 17.7 Å². The van der Waals surface area contributed by atoms with E-state index >= 15 is 0 Å². The van der Waals surface area contributed by atoms with Crippen molar-refractivity contribution in [1.29, 1.82) is 0 Å². The largest absolute Gasteiger partial charge is 0.345 e. The Balaban J connectivity index is 1.80. The van der Waals surface area contributed by atoms with Crippen LogP contribution in [0.4, 0.5) is 0 Å². The van der Waals surface area contributed by atoms with Gasteiger partial charge >= 0.3 is 0 Å². The zero-order valence-corrected chi connectivity index (χ0v) is 12.4. The lowest BCUT2D eigenvalue weighted by atomic mass is 10.2. The minimum atomic E-state index is -0.409. The lowest BCUT2D eigenvalue weighted by molar-refractivity contribution is 0.0948. The molecule has 1 amide bonds. The Kier molecular flexibility index (Phi) is 3.50. The average molecular weight is 296 g/mol. The molecule has 0 unspecified atom stereocenters. The number of rotatable bonds is 3. The zero-order chi connectivity index (χ0) is 15.7. The van der Waals surface area contributed by atoms with E-state index in [2.05, 4.69) is 15.3 Å². The van der Waals surface area contributed by atoms with Crippen LogP contribution in [0.1, 0.15) is 21.9 Å². The molecule has 0 fully saturated rings. The summed E-state index contributed by atoms with van der Waals surface area (Å²) >= 11 is 0. The third-order valence-corrected chi connectivity index (χ3v) is 3.59. The molecule has 0 aliphatic rings. The van der Waals surface area contributed by atoms with Crippen LogP contribution in [0.3, 0.4) is 0 Å². The van der Waals surface area contributed by atoms with E-state index < -0.39 is 5.91 Å². The first kappa shape index (κ1) is 14.1. The summed E-state index contributed by atoms with van der Waals surface area (Å²) in [5.74, 6) is 0.325. The first-order chi connectivity index (χ1) is 10.6. The second-order valence-electron chi connectivity index (χ2n) is 5.14. The topological polar surface area (TPSA) is 79.8 Å². The van der Waals surface area contributed by atoms with E-state index in [1.54, 1.807) is 13.0 Å². The number of nitrogens with one attached hydrogen (secondary N) is 2. The van der Waals surface area contributed by atoms with Gasteiger partial charge < -0.3 is 14.9 Å². The molecule has 3 aromatic rings. The van der Waals surface area contributed by atoms with Crippen LogP contribution in [0.15, 0.2) is 41.2 Å². The van der Waals surface area contributed by atoms with Gasteiger partial charge in [-0.15, -0.1) is 0 Å². The highest BCUT2D eigenvalue weighted by atomic mass is 16.2. The minimum absolute atomic E-state index is 0.101. The zero-order valence-electron chi connectivity index (χ0n) is 12.4. The molecule has 6 heteroatoms. The van der Waals surface area contributed by atoms with Crippen molar-refractivity contribution in [2.45, 2.75) is 13.5 Å². The summed E-state index contributed by atoms with van der Waals surface area (Å²) in [4.78, 5) is 31.0. The van der Waals surface area contributed by atoms with Gasteiger partial charge in [-0.1, -0.05) is 12.1 Å². The third kappa shape index (κ3) is 2.50. The molecule has 0 aliphatic carbocycles. The molecule has 0 aliphatic heterocycles. The summed E-state index contributed by atoms with van der Waals surface area (Å²) in [5.41, 5.74) is 2.31. The number of carbonyl (C=O) groups is 1. The second kappa shape index (κ2) is 5.48. The molecular weight excluding hydrogens is 280 g/mol. The number of para-hydroxylation sites is 2. The standard InChI is InChI=1S/C16H16N4O2/c1-10-7-8-11(16(22)18-10)15(21)17-9-14-19-12-5-3-4-6-13(12)20(14)2/h3-8H,9H2,1-2H3,(H,17,21)(H,18,22). The van der Waals surface area contributed by atoms with Gasteiger partial charge in [-0.25, -0.2) is 4.98 Å². The number of aryl methyl sites for hydroxylation is 2. The molecule has 6 nitrogen and oxygen atoms in total. The molecule has 22 heavy (non-hydrogen) atoms. The van der Waals surface area contributed by atoms with Crippen LogP contribution in [-0.4, -0.2) is 20.4 Å².